The van der Waals surface area contributed by atoms with Gasteiger partial charge >= 0.3 is 0 Å². The first kappa shape index (κ1) is 14.9. The summed E-state index contributed by atoms with van der Waals surface area (Å²) < 4.78 is 6.12. The minimum absolute atomic E-state index is 0.158. The van der Waals surface area contributed by atoms with Gasteiger partial charge in [-0.1, -0.05) is 0 Å². The number of ether oxygens (including phenoxy) is 1. The first-order chi connectivity index (χ1) is 7.68. The molecule has 0 aromatic rings. The predicted molar refractivity (Wildman–Crippen MR) is 69.9 cm³/mol. The molecule has 102 valence electrons. The molecule has 17 heavy (non-hydrogen) atoms. The fourth-order valence-corrected chi connectivity index (χ4v) is 3.10. The summed E-state index contributed by atoms with van der Waals surface area (Å²) >= 11 is 0. The van der Waals surface area contributed by atoms with Gasteiger partial charge in [-0.2, -0.15) is 0 Å². The second kappa shape index (κ2) is 4.84. The zero-order valence-electron chi connectivity index (χ0n) is 11.8. The van der Waals surface area contributed by atoms with Crippen LogP contribution < -0.4 is 11.1 Å². The zero-order valence-corrected chi connectivity index (χ0v) is 11.8. The van der Waals surface area contributed by atoms with Crippen LogP contribution in [0.1, 0.15) is 47.5 Å². The van der Waals surface area contributed by atoms with Crippen LogP contribution in [-0.2, 0) is 4.74 Å². The predicted octanol–water partition coefficient (Wildman–Crippen LogP) is 1.02. The van der Waals surface area contributed by atoms with Crippen molar-refractivity contribution in [3.8, 4) is 0 Å². The molecule has 1 aliphatic rings. The van der Waals surface area contributed by atoms with E-state index in [4.69, 9.17) is 15.6 Å². The number of nitrogens with one attached hydrogen (secondary N) is 1. The molecule has 1 saturated heterocycles. The fourth-order valence-electron chi connectivity index (χ4n) is 3.10. The largest absolute Gasteiger partial charge is 0.396 e. The average molecular weight is 244 g/mol. The van der Waals surface area contributed by atoms with Crippen LogP contribution in [0, 0.1) is 0 Å². The van der Waals surface area contributed by atoms with Crippen molar-refractivity contribution in [2.75, 3.05) is 13.2 Å². The minimum Gasteiger partial charge on any atom is -0.396 e. The van der Waals surface area contributed by atoms with Crippen LogP contribution in [0.25, 0.3) is 0 Å². The van der Waals surface area contributed by atoms with Crippen molar-refractivity contribution in [3.05, 3.63) is 0 Å². The van der Waals surface area contributed by atoms with Gasteiger partial charge in [0.15, 0.2) is 0 Å². The van der Waals surface area contributed by atoms with E-state index in [0.29, 0.717) is 6.54 Å². The lowest BCUT2D eigenvalue weighted by atomic mass is 9.78. The van der Waals surface area contributed by atoms with E-state index >= 15 is 0 Å². The SMILES string of the molecule is CC(CCO)NC1(CN)CC(C)(C)OC1(C)C. The molecule has 1 aliphatic heterocycles. The Morgan fingerprint density at radius 1 is 1.35 bits per heavy atom. The van der Waals surface area contributed by atoms with Gasteiger partial charge in [-0.3, -0.25) is 0 Å². The maximum Gasteiger partial charge on any atom is 0.0828 e. The van der Waals surface area contributed by atoms with E-state index in [1.54, 1.807) is 0 Å². The zero-order chi connectivity index (χ0) is 13.3. The molecular formula is C13H28N2O2. The molecule has 0 aromatic carbocycles. The van der Waals surface area contributed by atoms with Gasteiger partial charge in [0.1, 0.15) is 0 Å². The molecule has 0 saturated carbocycles. The highest BCUT2D eigenvalue weighted by Gasteiger charge is 2.56. The number of hydrogen-bond donors (Lipinski definition) is 3. The average Bonchev–Trinajstić information content (AvgIpc) is 2.31. The molecule has 1 fully saturated rings. The van der Waals surface area contributed by atoms with E-state index in [2.05, 4.69) is 39.9 Å². The molecule has 2 unspecified atom stereocenters. The van der Waals surface area contributed by atoms with Crippen molar-refractivity contribution in [2.45, 2.75) is 70.2 Å². The Morgan fingerprint density at radius 3 is 2.29 bits per heavy atom. The summed E-state index contributed by atoms with van der Waals surface area (Å²) in [5.74, 6) is 0. The Kier molecular flexibility index (Phi) is 4.24. The number of hydrogen-bond acceptors (Lipinski definition) is 4. The van der Waals surface area contributed by atoms with Crippen LogP contribution in [0.2, 0.25) is 0 Å². The lowest BCUT2D eigenvalue weighted by Gasteiger charge is -2.42. The van der Waals surface area contributed by atoms with Crippen LogP contribution in [0.4, 0.5) is 0 Å². The molecule has 0 amide bonds. The number of rotatable bonds is 5. The van der Waals surface area contributed by atoms with Gasteiger partial charge in [-0.05, 0) is 47.5 Å². The van der Waals surface area contributed by atoms with Crippen molar-refractivity contribution in [1.29, 1.82) is 0 Å². The summed E-state index contributed by atoms with van der Waals surface area (Å²) in [4.78, 5) is 0. The van der Waals surface area contributed by atoms with E-state index in [1.165, 1.54) is 0 Å². The van der Waals surface area contributed by atoms with Crippen molar-refractivity contribution >= 4 is 0 Å². The Morgan fingerprint density at radius 2 is 1.94 bits per heavy atom. The van der Waals surface area contributed by atoms with Gasteiger partial charge in [0.25, 0.3) is 0 Å². The summed E-state index contributed by atoms with van der Waals surface area (Å²) in [5, 5.41) is 12.6. The maximum atomic E-state index is 9.00. The van der Waals surface area contributed by atoms with Crippen LogP contribution in [0.15, 0.2) is 0 Å². The molecule has 4 N–H and O–H groups in total. The third-order valence-electron chi connectivity index (χ3n) is 3.84. The van der Waals surface area contributed by atoms with Gasteiger partial charge in [-0.15, -0.1) is 0 Å². The minimum atomic E-state index is -0.297. The molecule has 0 radical (unpaired) electrons. The van der Waals surface area contributed by atoms with Crippen molar-refractivity contribution in [2.24, 2.45) is 5.73 Å². The first-order valence-electron chi connectivity index (χ1n) is 6.47. The van der Waals surface area contributed by atoms with Gasteiger partial charge in [0.2, 0.25) is 0 Å². The Hall–Kier alpha value is -0.160. The Balaban J connectivity index is 2.87. The molecule has 0 bridgehead atoms. The third-order valence-corrected chi connectivity index (χ3v) is 3.84. The highest BCUT2D eigenvalue weighted by atomic mass is 16.5. The highest BCUT2D eigenvalue weighted by molar-refractivity contribution is 5.12. The quantitative estimate of drug-likeness (QED) is 0.675. The summed E-state index contributed by atoms with van der Waals surface area (Å²) in [6, 6.07) is 0.236. The van der Waals surface area contributed by atoms with Crippen LogP contribution >= 0.6 is 0 Å². The first-order valence-corrected chi connectivity index (χ1v) is 6.47. The van der Waals surface area contributed by atoms with Crippen molar-refractivity contribution < 1.29 is 9.84 Å². The van der Waals surface area contributed by atoms with Crippen LogP contribution in [-0.4, -0.2) is 41.0 Å². The standard InChI is InChI=1S/C13H28N2O2/c1-10(6-7-16)15-13(9-14)8-11(2,3)17-12(13,4)5/h10,15-16H,6-9,14H2,1-5H3. The summed E-state index contributed by atoms with van der Waals surface area (Å²) in [7, 11) is 0. The highest BCUT2D eigenvalue weighted by Crippen LogP contribution is 2.44. The Labute approximate surface area is 105 Å². The molecule has 2 atom stereocenters. The molecule has 4 heteroatoms. The van der Waals surface area contributed by atoms with Crippen molar-refractivity contribution in [3.63, 3.8) is 0 Å². The normalized spacial score (nSPS) is 32.6. The van der Waals surface area contributed by atoms with E-state index < -0.39 is 0 Å². The molecule has 1 rings (SSSR count). The lowest BCUT2D eigenvalue weighted by Crippen LogP contribution is -2.64. The van der Waals surface area contributed by atoms with Gasteiger partial charge in [0, 0.05) is 19.2 Å². The molecule has 4 nitrogen and oxygen atoms in total. The van der Waals surface area contributed by atoms with E-state index in [1.807, 2.05) is 0 Å². The van der Waals surface area contributed by atoms with E-state index in [0.717, 1.165) is 12.8 Å². The van der Waals surface area contributed by atoms with Crippen LogP contribution in [0.3, 0.4) is 0 Å². The number of nitrogens with two attached hydrogens (primary N) is 1. The summed E-state index contributed by atoms with van der Waals surface area (Å²) in [5.41, 5.74) is 5.33. The lowest BCUT2D eigenvalue weighted by molar-refractivity contribution is -0.0833. The molecule has 0 spiro atoms. The topological polar surface area (TPSA) is 67.5 Å². The third kappa shape index (κ3) is 2.99. The van der Waals surface area contributed by atoms with Gasteiger partial charge in [-0.25, -0.2) is 0 Å². The monoisotopic (exact) mass is 244 g/mol. The van der Waals surface area contributed by atoms with Gasteiger partial charge in [0.05, 0.1) is 16.7 Å². The van der Waals surface area contributed by atoms with E-state index in [9.17, 15) is 0 Å². The molecule has 0 aromatic heterocycles. The van der Waals surface area contributed by atoms with E-state index in [-0.39, 0.29) is 29.4 Å². The van der Waals surface area contributed by atoms with Gasteiger partial charge < -0.3 is 20.9 Å². The smallest absolute Gasteiger partial charge is 0.0828 e. The summed E-state index contributed by atoms with van der Waals surface area (Å²) in [6.07, 6.45) is 1.62. The Bertz CT molecular complexity index is 266. The second-order valence-corrected chi connectivity index (χ2v) is 6.39. The molecular weight excluding hydrogens is 216 g/mol. The number of aliphatic hydroxyl groups excluding tert-OH is 1. The summed E-state index contributed by atoms with van der Waals surface area (Å²) in [6.45, 7) is 11.2. The number of aliphatic hydroxyl groups is 1. The second-order valence-electron chi connectivity index (χ2n) is 6.39. The fraction of sp³-hybridized carbons (Fsp3) is 1.00. The molecule has 1 heterocycles. The van der Waals surface area contributed by atoms with Crippen LogP contribution in [0.5, 0.6) is 0 Å². The maximum absolute atomic E-state index is 9.00. The molecule has 0 aliphatic carbocycles. The van der Waals surface area contributed by atoms with Crippen molar-refractivity contribution in [1.82, 2.24) is 5.32 Å².